The minimum atomic E-state index is -1.20. The number of nitrogens with one attached hydrogen (secondary N) is 2. The van der Waals surface area contributed by atoms with Crippen LogP contribution >= 0.6 is 11.6 Å². The molecule has 1 heterocycles. The Hall–Kier alpha value is -1.17. The van der Waals surface area contributed by atoms with E-state index in [4.69, 9.17) is 11.6 Å². The molecule has 0 saturated carbocycles. The first kappa shape index (κ1) is 18.2. The largest absolute Gasteiger partial charge is 0.385 e. The lowest BCUT2D eigenvalue weighted by Gasteiger charge is -2.40. The van der Waals surface area contributed by atoms with E-state index in [1.807, 2.05) is 0 Å². The molecule has 4 nitrogen and oxygen atoms in total. The van der Waals surface area contributed by atoms with Gasteiger partial charge in [0, 0.05) is 31.5 Å². The Bertz CT molecular complexity index is 549. The Morgan fingerprint density at radius 1 is 1.57 bits per heavy atom. The predicted octanol–water partition coefficient (Wildman–Crippen LogP) is 2.58. The molecule has 1 aromatic rings. The molecule has 1 aliphatic rings. The first-order chi connectivity index (χ1) is 10.9. The lowest BCUT2D eigenvalue weighted by atomic mass is 9.74. The van der Waals surface area contributed by atoms with Crippen molar-refractivity contribution in [2.45, 2.75) is 38.2 Å². The fourth-order valence-electron chi connectivity index (χ4n) is 3.28. The van der Waals surface area contributed by atoms with Crippen molar-refractivity contribution in [2.24, 2.45) is 5.92 Å². The Labute approximate surface area is 141 Å². The van der Waals surface area contributed by atoms with Gasteiger partial charge in [-0.3, -0.25) is 4.79 Å². The van der Waals surface area contributed by atoms with Crippen LogP contribution in [0.25, 0.3) is 0 Å². The zero-order valence-corrected chi connectivity index (χ0v) is 14.1. The van der Waals surface area contributed by atoms with Crippen LogP contribution in [0.4, 0.5) is 4.39 Å². The first-order valence-corrected chi connectivity index (χ1v) is 8.45. The first-order valence-electron chi connectivity index (χ1n) is 8.07. The molecule has 0 aromatic heterocycles. The highest BCUT2D eigenvalue weighted by atomic mass is 35.5. The van der Waals surface area contributed by atoms with Gasteiger partial charge < -0.3 is 15.7 Å². The summed E-state index contributed by atoms with van der Waals surface area (Å²) in [5, 5.41) is 17.4. The monoisotopic (exact) mass is 342 g/mol. The summed E-state index contributed by atoms with van der Waals surface area (Å²) in [6.45, 7) is 3.53. The van der Waals surface area contributed by atoms with Crippen molar-refractivity contribution < 1.29 is 14.3 Å². The minimum Gasteiger partial charge on any atom is -0.385 e. The van der Waals surface area contributed by atoms with E-state index in [0.717, 1.165) is 19.4 Å². The topological polar surface area (TPSA) is 61.4 Å². The summed E-state index contributed by atoms with van der Waals surface area (Å²) < 4.78 is 13.9. The average molecular weight is 343 g/mol. The SMILES string of the molecule is CC(=O)NCCCC(O)(c1cccc(F)c1Cl)[C@@H]1CCCNC1. The molecule has 1 amide bonds. The number of halogens is 2. The zero-order chi connectivity index (χ0) is 16.9. The number of benzene rings is 1. The van der Waals surface area contributed by atoms with Crippen LogP contribution < -0.4 is 10.6 Å². The number of amides is 1. The third-order valence-electron chi connectivity index (χ3n) is 4.50. The lowest BCUT2D eigenvalue weighted by Crippen LogP contribution is -2.45. The fourth-order valence-corrected chi connectivity index (χ4v) is 3.57. The molecule has 2 rings (SSSR count). The Balaban J connectivity index is 2.22. The van der Waals surface area contributed by atoms with Crippen LogP contribution in [0.2, 0.25) is 5.02 Å². The summed E-state index contributed by atoms with van der Waals surface area (Å²) in [6.07, 6.45) is 2.84. The molecule has 1 unspecified atom stereocenters. The second kappa shape index (κ2) is 8.08. The maximum atomic E-state index is 13.9. The number of rotatable bonds is 6. The van der Waals surface area contributed by atoms with Gasteiger partial charge in [0.15, 0.2) is 0 Å². The average Bonchev–Trinajstić information content (AvgIpc) is 2.54. The van der Waals surface area contributed by atoms with E-state index < -0.39 is 11.4 Å². The van der Waals surface area contributed by atoms with Gasteiger partial charge >= 0.3 is 0 Å². The normalized spacial score (nSPS) is 20.8. The van der Waals surface area contributed by atoms with Gasteiger partial charge in [0.1, 0.15) is 5.82 Å². The Morgan fingerprint density at radius 3 is 3.00 bits per heavy atom. The van der Waals surface area contributed by atoms with Gasteiger partial charge in [0.25, 0.3) is 0 Å². The summed E-state index contributed by atoms with van der Waals surface area (Å²) in [5.74, 6) is -0.655. The number of carbonyl (C=O) groups is 1. The maximum absolute atomic E-state index is 13.9. The van der Waals surface area contributed by atoms with E-state index in [0.29, 0.717) is 31.5 Å². The molecule has 23 heavy (non-hydrogen) atoms. The summed E-state index contributed by atoms with van der Waals surface area (Å²) in [7, 11) is 0. The molecular formula is C17H24ClFN2O2. The summed E-state index contributed by atoms with van der Waals surface area (Å²) >= 11 is 6.13. The highest BCUT2D eigenvalue weighted by Crippen LogP contribution is 2.41. The molecule has 3 N–H and O–H groups in total. The number of carbonyl (C=O) groups excluding carboxylic acids is 1. The summed E-state index contributed by atoms with van der Waals surface area (Å²) in [5.41, 5.74) is -0.763. The van der Waals surface area contributed by atoms with Crippen LogP contribution in [0.3, 0.4) is 0 Å². The van der Waals surface area contributed by atoms with Crippen LogP contribution in [0.15, 0.2) is 18.2 Å². The molecule has 2 atom stereocenters. The van der Waals surface area contributed by atoms with Gasteiger partial charge in [-0.2, -0.15) is 0 Å². The van der Waals surface area contributed by atoms with Crippen molar-refractivity contribution >= 4 is 17.5 Å². The molecule has 0 aliphatic carbocycles. The van der Waals surface area contributed by atoms with E-state index in [-0.39, 0.29) is 16.8 Å². The minimum absolute atomic E-state index is 0.0138. The highest BCUT2D eigenvalue weighted by molar-refractivity contribution is 6.31. The van der Waals surface area contributed by atoms with E-state index in [1.165, 1.54) is 13.0 Å². The van der Waals surface area contributed by atoms with Crippen molar-refractivity contribution in [2.75, 3.05) is 19.6 Å². The van der Waals surface area contributed by atoms with Gasteiger partial charge in [-0.1, -0.05) is 23.7 Å². The van der Waals surface area contributed by atoms with E-state index >= 15 is 0 Å². The molecule has 1 aliphatic heterocycles. The standard InChI is InChI=1S/C17H24ClFN2O2/c1-12(22)21-10-4-8-17(23,13-5-3-9-20-11-13)14-6-2-7-15(19)16(14)18/h2,6-7,13,20,23H,3-5,8-11H2,1H3,(H,21,22)/t13-,17?/m1/s1. The van der Waals surface area contributed by atoms with Gasteiger partial charge in [0.05, 0.1) is 10.6 Å². The zero-order valence-electron chi connectivity index (χ0n) is 13.4. The molecule has 0 radical (unpaired) electrons. The highest BCUT2D eigenvalue weighted by Gasteiger charge is 2.40. The second-order valence-electron chi connectivity index (χ2n) is 6.16. The molecule has 128 valence electrons. The van der Waals surface area contributed by atoms with Crippen molar-refractivity contribution in [3.05, 3.63) is 34.6 Å². The number of hydrogen-bond acceptors (Lipinski definition) is 3. The third kappa shape index (κ3) is 4.43. The van der Waals surface area contributed by atoms with E-state index in [9.17, 15) is 14.3 Å². The molecule has 0 bridgehead atoms. The van der Waals surface area contributed by atoms with Gasteiger partial charge in [-0.05, 0) is 38.3 Å². The molecule has 1 fully saturated rings. The van der Waals surface area contributed by atoms with Crippen LogP contribution in [0, 0.1) is 11.7 Å². The Morgan fingerprint density at radius 2 is 2.35 bits per heavy atom. The van der Waals surface area contributed by atoms with Crippen LogP contribution in [0.5, 0.6) is 0 Å². The quantitative estimate of drug-likeness (QED) is 0.696. The van der Waals surface area contributed by atoms with E-state index in [1.54, 1.807) is 12.1 Å². The molecule has 1 aromatic carbocycles. The number of piperidine rings is 1. The second-order valence-corrected chi connectivity index (χ2v) is 6.53. The Kier molecular flexibility index (Phi) is 6.39. The fraction of sp³-hybridized carbons (Fsp3) is 0.588. The van der Waals surface area contributed by atoms with Gasteiger partial charge in [0.2, 0.25) is 5.91 Å². The van der Waals surface area contributed by atoms with Crippen molar-refractivity contribution in [3.8, 4) is 0 Å². The molecular weight excluding hydrogens is 319 g/mol. The van der Waals surface area contributed by atoms with Crippen molar-refractivity contribution in [1.29, 1.82) is 0 Å². The maximum Gasteiger partial charge on any atom is 0.216 e. The molecule has 0 spiro atoms. The number of aliphatic hydroxyl groups is 1. The lowest BCUT2D eigenvalue weighted by molar-refractivity contribution is -0.119. The number of hydrogen-bond donors (Lipinski definition) is 3. The molecule has 6 heteroatoms. The van der Waals surface area contributed by atoms with Gasteiger partial charge in [-0.25, -0.2) is 4.39 Å². The molecule has 1 saturated heterocycles. The predicted molar refractivity (Wildman–Crippen MR) is 88.8 cm³/mol. The van der Waals surface area contributed by atoms with Crippen LogP contribution in [-0.2, 0) is 10.4 Å². The summed E-state index contributed by atoms with van der Waals surface area (Å²) in [6, 6.07) is 4.56. The summed E-state index contributed by atoms with van der Waals surface area (Å²) in [4.78, 5) is 11.0. The van der Waals surface area contributed by atoms with Gasteiger partial charge in [-0.15, -0.1) is 0 Å². The van der Waals surface area contributed by atoms with Crippen LogP contribution in [0.1, 0.15) is 38.2 Å². The smallest absolute Gasteiger partial charge is 0.216 e. The third-order valence-corrected chi connectivity index (χ3v) is 4.88. The van der Waals surface area contributed by atoms with E-state index in [2.05, 4.69) is 10.6 Å². The van der Waals surface area contributed by atoms with Crippen molar-refractivity contribution in [3.63, 3.8) is 0 Å². The van der Waals surface area contributed by atoms with Crippen molar-refractivity contribution in [1.82, 2.24) is 10.6 Å². The van der Waals surface area contributed by atoms with Crippen LogP contribution in [-0.4, -0.2) is 30.6 Å².